The highest BCUT2D eigenvalue weighted by atomic mass is 79.9. The Hall–Kier alpha value is -0.340. The number of nitrogens with one attached hydrogen (secondary N) is 1. The molecule has 2 heteroatoms. The van der Waals surface area contributed by atoms with Gasteiger partial charge < -0.3 is 5.32 Å². The van der Waals surface area contributed by atoms with Crippen LogP contribution in [0.1, 0.15) is 64.5 Å². The van der Waals surface area contributed by atoms with Crippen LogP contribution < -0.4 is 5.32 Å². The fourth-order valence-corrected chi connectivity index (χ4v) is 3.65. The molecule has 0 amide bonds. The van der Waals surface area contributed by atoms with E-state index in [-0.39, 0.29) is 0 Å². The molecule has 2 rings (SSSR count). The predicted octanol–water partition coefficient (Wildman–Crippen LogP) is 5.70. The maximum absolute atomic E-state index is 3.89. The number of benzene rings is 1. The first-order valence-electron chi connectivity index (χ1n) is 8.11. The largest absolute Gasteiger partial charge is 0.307 e. The van der Waals surface area contributed by atoms with Crippen molar-refractivity contribution in [3.05, 3.63) is 34.3 Å². The lowest BCUT2D eigenvalue weighted by molar-refractivity contribution is 0.227. The topological polar surface area (TPSA) is 12.0 Å². The van der Waals surface area contributed by atoms with Gasteiger partial charge in [-0.2, -0.15) is 0 Å². The van der Waals surface area contributed by atoms with Gasteiger partial charge in [0, 0.05) is 16.6 Å². The van der Waals surface area contributed by atoms with Crippen LogP contribution in [0.4, 0.5) is 0 Å². The lowest BCUT2D eigenvalue weighted by atomic mass is 9.79. The Bertz CT molecular complexity index is 390. The first kappa shape index (κ1) is 16.0. The molecule has 1 nitrogen and oxygen atoms in total. The summed E-state index contributed by atoms with van der Waals surface area (Å²) >= 11 is 3.51. The zero-order chi connectivity index (χ0) is 14.5. The molecule has 0 radical (unpaired) electrons. The van der Waals surface area contributed by atoms with Gasteiger partial charge in [-0.15, -0.1) is 0 Å². The first-order valence-corrected chi connectivity index (χ1v) is 8.91. The fraction of sp³-hybridized carbons (Fsp3) is 0.667. The molecule has 0 aromatic heterocycles. The van der Waals surface area contributed by atoms with Crippen molar-refractivity contribution < 1.29 is 0 Å². The maximum Gasteiger partial charge on any atom is 0.0320 e. The lowest BCUT2D eigenvalue weighted by Gasteiger charge is -2.33. The predicted molar refractivity (Wildman–Crippen MR) is 90.9 cm³/mol. The van der Waals surface area contributed by atoms with Gasteiger partial charge in [0.1, 0.15) is 0 Å². The number of halogens is 1. The quantitative estimate of drug-likeness (QED) is 0.726. The van der Waals surface area contributed by atoms with Crippen molar-refractivity contribution in [2.24, 2.45) is 11.8 Å². The van der Waals surface area contributed by atoms with Crippen LogP contribution in [-0.4, -0.2) is 6.04 Å². The maximum atomic E-state index is 3.89. The van der Waals surface area contributed by atoms with Crippen LogP contribution in [0.15, 0.2) is 28.7 Å². The summed E-state index contributed by atoms with van der Waals surface area (Å²) in [5.74, 6) is 1.80. The Balaban J connectivity index is 1.89. The fourth-order valence-electron chi connectivity index (χ4n) is 3.38. The van der Waals surface area contributed by atoms with Gasteiger partial charge >= 0.3 is 0 Å². The zero-order valence-electron chi connectivity index (χ0n) is 13.0. The van der Waals surface area contributed by atoms with Crippen molar-refractivity contribution in [2.75, 3.05) is 0 Å². The van der Waals surface area contributed by atoms with Crippen LogP contribution >= 0.6 is 15.9 Å². The Morgan fingerprint density at radius 2 is 1.70 bits per heavy atom. The van der Waals surface area contributed by atoms with Crippen LogP contribution in [0.5, 0.6) is 0 Å². The summed E-state index contributed by atoms with van der Waals surface area (Å²) < 4.78 is 1.16. The van der Waals surface area contributed by atoms with Crippen LogP contribution in [-0.2, 0) is 0 Å². The van der Waals surface area contributed by atoms with Crippen LogP contribution in [0, 0.1) is 11.8 Å². The van der Waals surface area contributed by atoms with Crippen molar-refractivity contribution in [1.29, 1.82) is 0 Å². The molecule has 0 spiro atoms. The molecule has 1 N–H and O–H groups in total. The van der Waals surface area contributed by atoms with Gasteiger partial charge in [-0.3, -0.25) is 0 Å². The molecule has 1 aliphatic carbocycles. The van der Waals surface area contributed by atoms with Crippen molar-refractivity contribution >= 4 is 15.9 Å². The normalized spacial score (nSPS) is 24.9. The average molecular weight is 338 g/mol. The highest BCUT2D eigenvalue weighted by Crippen LogP contribution is 2.31. The van der Waals surface area contributed by atoms with Gasteiger partial charge in [0.15, 0.2) is 0 Å². The van der Waals surface area contributed by atoms with Crippen molar-refractivity contribution in [1.82, 2.24) is 5.32 Å². The van der Waals surface area contributed by atoms with E-state index < -0.39 is 0 Å². The molecule has 0 bridgehead atoms. The molecular weight excluding hydrogens is 310 g/mol. The summed E-state index contributed by atoms with van der Waals surface area (Å²) in [6.07, 6.45) is 6.63. The highest BCUT2D eigenvalue weighted by Gasteiger charge is 2.24. The van der Waals surface area contributed by atoms with E-state index in [1.54, 1.807) is 0 Å². The molecule has 1 aromatic carbocycles. The highest BCUT2D eigenvalue weighted by molar-refractivity contribution is 9.10. The number of rotatable bonds is 5. The monoisotopic (exact) mass is 337 g/mol. The van der Waals surface area contributed by atoms with Gasteiger partial charge in [-0.25, -0.2) is 0 Å². The van der Waals surface area contributed by atoms with Crippen molar-refractivity contribution in [2.45, 2.75) is 65.0 Å². The minimum absolute atomic E-state index is 0.503. The van der Waals surface area contributed by atoms with Crippen molar-refractivity contribution in [3.63, 3.8) is 0 Å². The van der Waals surface area contributed by atoms with E-state index in [1.165, 1.54) is 31.2 Å². The molecule has 112 valence electrons. The Morgan fingerprint density at radius 3 is 2.20 bits per heavy atom. The van der Waals surface area contributed by atoms with E-state index in [0.717, 1.165) is 22.7 Å². The molecule has 20 heavy (non-hydrogen) atoms. The van der Waals surface area contributed by atoms with Gasteiger partial charge in [0.25, 0.3) is 0 Å². The zero-order valence-corrected chi connectivity index (χ0v) is 14.6. The van der Waals surface area contributed by atoms with E-state index in [2.05, 4.69) is 66.3 Å². The van der Waals surface area contributed by atoms with E-state index in [9.17, 15) is 0 Å². The lowest BCUT2D eigenvalue weighted by Crippen LogP contribution is -2.36. The van der Waals surface area contributed by atoms with E-state index in [1.807, 2.05) is 0 Å². The second kappa shape index (κ2) is 7.61. The second-order valence-electron chi connectivity index (χ2n) is 6.53. The third-order valence-corrected chi connectivity index (χ3v) is 5.36. The summed E-state index contributed by atoms with van der Waals surface area (Å²) in [6.45, 7) is 7.02. The SMILES string of the molecule is CCC(NC1CCC(C(C)C)CC1)c1ccc(Br)cc1. The standard InChI is InChI=1S/C18H28BrN/c1-4-18(15-5-9-16(19)10-6-15)20-17-11-7-14(8-12-17)13(2)3/h5-6,9-10,13-14,17-18,20H,4,7-8,11-12H2,1-3H3. The molecular formula is C18H28BrN. The smallest absolute Gasteiger partial charge is 0.0320 e. The van der Waals surface area contributed by atoms with Crippen molar-refractivity contribution in [3.8, 4) is 0 Å². The van der Waals surface area contributed by atoms with Gasteiger partial charge in [0.05, 0.1) is 0 Å². The molecule has 1 saturated carbocycles. The molecule has 0 aliphatic heterocycles. The molecule has 0 saturated heterocycles. The molecule has 1 fully saturated rings. The first-order chi connectivity index (χ1) is 9.60. The third kappa shape index (κ3) is 4.33. The van der Waals surface area contributed by atoms with E-state index in [4.69, 9.17) is 0 Å². The number of hydrogen-bond acceptors (Lipinski definition) is 1. The van der Waals surface area contributed by atoms with Crippen LogP contribution in [0.3, 0.4) is 0 Å². The minimum atomic E-state index is 0.503. The van der Waals surface area contributed by atoms with E-state index in [0.29, 0.717) is 12.1 Å². The summed E-state index contributed by atoms with van der Waals surface area (Å²) in [5.41, 5.74) is 1.42. The van der Waals surface area contributed by atoms with Crippen LogP contribution in [0.2, 0.25) is 0 Å². The summed E-state index contributed by atoms with van der Waals surface area (Å²) in [7, 11) is 0. The van der Waals surface area contributed by atoms with Gasteiger partial charge in [-0.1, -0.05) is 48.8 Å². The van der Waals surface area contributed by atoms with Gasteiger partial charge in [-0.05, 0) is 61.6 Å². The Labute approximate surface area is 132 Å². The molecule has 0 heterocycles. The minimum Gasteiger partial charge on any atom is -0.307 e. The van der Waals surface area contributed by atoms with Gasteiger partial charge in [0.2, 0.25) is 0 Å². The molecule has 1 unspecified atom stereocenters. The second-order valence-corrected chi connectivity index (χ2v) is 7.45. The Kier molecular flexibility index (Phi) is 6.10. The number of hydrogen-bond donors (Lipinski definition) is 1. The van der Waals surface area contributed by atoms with Crippen LogP contribution in [0.25, 0.3) is 0 Å². The Morgan fingerprint density at radius 1 is 1.10 bits per heavy atom. The average Bonchev–Trinajstić information content (AvgIpc) is 2.46. The summed E-state index contributed by atoms with van der Waals surface area (Å²) in [6, 6.07) is 9.99. The molecule has 1 aromatic rings. The van der Waals surface area contributed by atoms with E-state index >= 15 is 0 Å². The molecule has 1 atom stereocenters. The molecule has 1 aliphatic rings. The summed E-state index contributed by atoms with van der Waals surface area (Å²) in [4.78, 5) is 0. The third-order valence-electron chi connectivity index (χ3n) is 4.83. The summed E-state index contributed by atoms with van der Waals surface area (Å²) in [5, 5.41) is 3.89.